The van der Waals surface area contributed by atoms with Crippen molar-refractivity contribution in [1.29, 1.82) is 0 Å². The minimum absolute atomic E-state index is 0.0276. The molecule has 1 amide bonds. The van der Waals surface area contributed by atoms with E-state index in [1.165, 1.54) is 33.4 Å². The summed E-state index contributed by atoms with van der Waals surface area (Å²) in [4.78, 5) is 29.1. The van der Waals surface area contributed by atoms with Gasteiger partial charge in [-0.2, -0.15) is 0 Å². The molecule has 1 unspecified atom stereocenters. The lowest BCUT2D eigenvalue weighted by Gasteiger charge is -2.22. The molecule has 5 aromatic carbocycles. The molecule has 268 valence electrons. The van der Waals surface area contributed by atoms with E-state index < -0.39 is 17.7 Å². The minimum atomic E-state index is -0.940. The predicted molar refractivity (Wildman–Crippen MR) is 212 cm³/mol. The van der Waals surface area contributed by atoms with Gasteiger partial charge in [-0.1, -0.05) is 127 Å². The maximum Gasteiger partial charge on any atom is 0.301 e. The lowest BCUT2D eigenvalue weighted by Crippen LogP contribution is -2.29. The van der Waals surface area contributed by atoms with E-state index in [2.05, 4.69) is 47.5 Å². The van der Waals surface area contributed by atoms with Crippen LogP contribution in [0.5, 0.6) is 11.5 Å². The first-order chi connectivity index (χ1) is 25.9. The third-order valence-corrected chi connectivity index (χ3v) is 11.2. The van der Waals surface area contributed by atoms with Crippen molar-refractivity contribution < 1.29 is 24.2 Å². The molecule has 1 aliphatic rings. The number of aliphatic hydroxyl groups is 1. The number of nitrogens with zero attached hydrogens (tertiary/aromatic N) is 3. The number of benzene rings is 5. The van der Waals surface area contributed by atoms with E-state index in [1.54, 1.807) is 24.3 Å². The first kappa shape index (κ1) is 35.9. The monoisotopic (exact) mass is 741 g/mol. The van der Waals surface area contributed by atoms with E-state index in [0.717, 1.165) is 41.3 Å². The second-order valence-corrected chi connectivity index (χ2v) is 15.1. The molecule has 1 fully saturated rings. The van der Waals surface area contributed by atoms with Gasteiger partial charge in [0.1, 0.15) is 23.9 Å². The Bertz CT molecular complexity index is 2260. The highest BCUT2D eigenvalue weighted by atomic mass is 32.2. The van der Waals surface area contributed by atoms with Crippen molar-refractivity contribution in [1.82, 2.24) is 10.2 Å². The van der Waals surface area contributed by atoms with Gasteiger partial charge in [-0.25, -0.2) is 0 Å². The molecule has 8 nitrogen and oxygen atoms in total. The predicted octanol–water partition coefficient (Wildman–Crippen LogP) is 10.1. The summed E-state index contributed by atoms with van der Waals surface area (Å²) in [6.45, 7) is 5.16. The number of unbranched alkanes of at least 4 members (excludes halogenated alkanes) is 2. The van der Waals surface area contributed by atoms with Crippen LogP contribution in [0.2, 0.25) is 0 Å². The Morgan fingerprint density at radius 3 is 2.38 bits per heavy atom. The number of hydrogen-bond donors (Lipinski definition) is 1. The zero-order chi connectivity index (χ0) is 36.7. The number of aliphatic hydroxyl groups excluding tert-OH is 1. The second-order valence-electron chi connectivity index (χ2n) is 12.9. The summed E-state index contributed by atoms with van der Waals surface area (Å²) in [7, 11) is 0. The van der Waals surface area contributed by atoms with E-state index >= 15 is 0 Å². The number of aryl methyl sites for hydroxylation is 1. The Morgan fingerprint density at radius 1 is 0.849 bits per heavy atom. The minimum Gasteiger partial charge on any atom is -0.507 e. The largest absolute Gasteiger partial charge is 0.507 e. The third kappa shape index (κ3) is 8.14. The number of rotatable bonds is 14. The summed E-state index contributed by atoms with van der Waals surface area (Å²) < 4.78 is 12.6. The Balaban J connectivity index is 1.17. The van der Waals surface area contributed by atoms with E-state index in [9.17, 15) is 14.7 Å². The molecule has 0 aliphatic carbocycles. The van der Waals surface area contributed by atoms with Crippen LogP contribution in [0.3, 0.4) is 0 Å². The van der Waals surface area contributed by atoms with Gasteiger partial charge in [0.05, 0.1) is 18.2 Å². The molecular weight excluding hydrogens is 703 g/mol. The number of fused-ring (bicyclic) bond motifs is 1. The smallest absolute Gasteiger partial charge is 0.301 e. The Hall–Kier alpha value is -5.45. The zero-order valence-electron chi connectivity index (χ0n) is 29.5. The second kappa shape index (κ2) is 16.5. The molecule has 1 saturated heterocycles. The maximum atomic E-state index is 13.9. The number of carbonyl (C=O) groups is 2. The van der Waals surface area contributed by atoms with Crippen LogP contribution in [0.25, 0.3) is 16.5 Å². The summed E-state index contributed by atoms with van der Waals surface area (Å²) >= 11 is 2.76. The molecule has 1 aliphatic heterocycles. The number of ether oxygens (including phenoxy) is 2. The van der Waals surface area contributed by atoms with Crippen molar-refractivity contribution in [2.45, 2.75) is 55.9 Å². The average molecular weight is 742 g/mol. The Kier molecular flexibility index (Phi) is 11.2. The molecule has 1 N–H and O–H groups in total. The van der Waals surface area contributed by atoms with E-state index in [0.29, 0.717) is 45.9 Å². The lowest BCUT2D eigenvalue weighted by molar-refractivity contribution is -0.132. The van der Waals surface area contributed by atoms with Crippen LogP contribution in [-0.4, -0.2) is 33.6 Å². The molecule has 1 aromatic heterocycles. The summed E-state index contributed by atoms with van der Waals surface area (Å²) in [5.74, 6) is 0.0885. The van der Waals surface area contributed by atoms with E-state index in [-0.39, 0.29) is 16.5 Å². The normalized spacial score (nSPS) is 15.3. The first-order valence-electron chi connectivity index (χ1n) is 17.6. The quantitative estimate of drug-likeness (QED) is 0.0294. The Labute approximate surface area is 317 Å². The van der Waals surface area contributed by atoms with Crippen molar-refractivity contribution in [3.8, 4) is 11.5 Å². The van der Waals surface area contributed by atoms with E-state index in [4.69, 9.17) is 9.47 Å². The van der Waals surface area contributed by atoms with Crippen molar-refractivity contribution in [3.05, 3.63) is 149 Å². The molecular formula is C43H39N3O5S2. The van der Waals surface area contributed by atoms with Crippen molar-refractivity contribution in [2.75, 3.05) is 11.5 Å². The highest BCUT2D eigenvalue weighted by molar-refractivity contribution is 8.00. The number of hydrogen-bond acceptors (Lipinski definition) is 9. The van der Waals surface area contributed by atoms with Crippen LogP contribution < -0.4 is 14.4 Å². The van der Waals surface area contributed by atoms with Crippen molar-refractivity contribution in [2.24, 2.45) is 0 Å². The summed E-state index contributed by atoms with van der Waals surface area (Å²) in [6, 6.07) is 35.8. The van der Waals surface area contributed by atoms with Gasteiger partial charge in [0.15, 0.2) is 4.34 Å². The first-order valence-corrected chi connectivity index (χ1v) is 19.5. The van der Waals surface area contributed by atoms with Gasteiger partial charge in [-0.05, 0) is 77.2 Å². The van der Waals surface area contributed by atoms with Gasteiger partial charge in [0.25, 0.3) is 5.78 Å². The number of carbonyl (C=O) groups excluding carboxylic acids is 2. The molecule has 0 bridgehead atoms. The number of aromatic nitrogens is 2. The Morgan fingerprint density at radius 2 is 1.58 bits per heavy atom. The van der Waals surface area contributed by atoms with Crippen molar-refractivity contribution in [3.63, 3.8) is 0 Å². The fourth-order valence-electron chi connectivity index (χ4n) is 6.38. The van der Waals surface area contributed by atoms with Gasteiger partial charge in [-0.15, -0.1) is 10.2 Å². The van der Waals surface area contributed by atoms with Crippen LogP contribution in [0.15, 0.2) is 125 Å². The number of anilines is 1. The topological polar surface area (TPSA) is 102 Å². The fraction of sp³-hybridized carbons (Fsp3) is 0.209. The summed E-state index contributed by atoms with van der Waals surface area (Å²) in [5, 5.41) is 23.1. The SMILES string of the molecule is CCCCCOc1ccc(C2/C(=C(\O)c3ccc(OCc4cccc(C)c4)cc3)C(=O)C(=O)N2c2nnc(SCc3cccc4ccccc34)s2)cc1. The standard InChI is InChI=1S/C43H39N3O5S2/c1-3-4-7-24-50-34-20-16-31(17-21-34)38-37(39(47)32-18-22-35(23-19-32)51-26-29-11-8-10-28(2)25-29)40(48)41(49)46(38)42-44-45-43(53-42)52-27-33-14-9-13-30-12-5-6-15-36(30)33/h5-6,8-23,25,38,47H,3-4,7,24,26-27H2,1-2H3/b39-37+. The van der Waals surface area contributed by atoms with E-state index in [1.807, 2.05) is 67.6 Å². The van der Waals surface area contributed by atoms with Crippen LogP contribution in [-0.2, 0) is 21.9 Å². The highest BCUT2D eigenvalue weighted by Gasteiger charge is 2.48. The zero-order valence-corrected chi connectivity index (χ0v) is 31.2. The van der Waals surface area contributed by atoms with Gasteiger partial charge in [0, 0.05) is 11.3 Å². The van der Waals surface area contributed by atoms with Crippen molar-refractivity contribution >= 4 is 56.5 Å². The number of Topliss-reactive ketones (excluding diaryl/α,β-unsaturated/α-hetero) is 1. The van der Waals surface area contributed by atoms with Crippen LogP contribution in [0.1, 0.15) is 60.0 Å². The third-order valence-electron chi connectivity index (χ3n) is 9.11. The lowest BCUT2D eigenvalue weighted by atomic mass is 9.95. The molecule has 2 heterocycles. The molecule has 10 heteroatoms. The van der Waals surface area contributed by atoms with Crippen LogP contribution in [0, 0.1) is 6.92 Å². The number of thioether (sulfide) groups is 1. The molecule has 53 heavy (non-hydrogen) atoms. The average Bonchev–Trinajstić information content (AvgIpc) is 3.76. The molecule has 0 saturated carbocycles. The highest BCUT2D eigenvalue weighted by Crippen LogP contribution is 2.44. The molecule has 6 aromatic rings. The molecule has 0 radical (unpaired) electrons. The van der Waals surface area contributed by atoms with Gasteiger partial charge in [-0.3, -0.25) is 14.5 Å². The summed E-state index contributed by atoms with van der Waals surface area (Å²) in [5.41, 5.74) is 4.34. The molecule has 0 spiro atoms. The fourth-order valence-corrected chi connectivity index (χ4v) is 8.25. The summed E-state index contributed by atoms with van der Waals surface area (Å²) in [6.07, 6.45) is 3.13. The van der Waals surface area contributed by atoms with Gasteiger partial charge in [0.2, 0.25) is 5.13 Å². The molecule has 7 rings (SSSR count). The van der Waals surface area contributed by atoms with Crippen LogP contribution in [0.4, 0.5) is 5.13 Å². The van der Waals surface area contributed by atoms with Gasteiger partial charge >= 0.3 is 5.91 Å². The van der Waals surface area contributed by atoms with Gasteiger partial charge < -0.3 is 14.6 Å². The number of amides is 1. The molecule has 1 atom stereocenters. The van der Waals surface area contributed by atoms with Crippen LogP contribution >= 0.6 is 23.1 Å². The number of ketones is 1. The maximum absolute atomic E-state index is 13.9.